The quantitative estimate of drug-likeness (QED) is 0.789. The maximum atomic E-state index is 5.64. The molecule has 3 nitrogen and oxygen atoms in total. The standard InChI is InChI=1S/C17H26N2OS/c1-2-20-16-11-7-6-8-14(16)12-13-18-17(21)19-15-9-4-3-5-10-15/h6-8,11,15H,2-5,9-10,12-13H2,1H3,(H2,18,19,21). The van der Waals surface area contributed by atoms with E-state index in [4.69, 9.17) is 17.0 Å². The van der Waals surface area contributed by atoms with Crippen molar-refractivity contribution in [3.8, 4) is 5.75 Å². The summed E-state index contributed by atoms with van der Waals surface area (Å²) in [7, 11) is 0. The molecule has 1 aliphatic carbocycles. The van der Waals surface area contributed by atoms with Crippen molar-refractivity contribution in [2.75, 3.05) is 13.2 Å². The highest BCUT2D eigenvalue weighted by Crippen LogP contribution is 2.18. The second kappa shape index (κ2) is 8.88. The van der Waals surface area contributed by atoms with Gasteiger partial charge in [-0.25, -0.2) is 0 Å². The van der Waals surface area contributed by atoms with Crippen molar-refractivity contribution in [1.29, 1.82) is 0 Å². The first kappa shape index (κ1) is 16.1. The number of thiocarbonyl (C=S) groups is 1. The lowest BCUT2D eigenvalue weighted by Crippen LogP contribution is -2.43. The number of benzene rings is 1. The highest BCUT2D eigenvalue weighted by atomic mass is 32.1. The van der Waals surface area contributed by atoms with Crippen molar-refractivity contribution in [2.45, 2.75) is 51.5 Å². The Morgan fingerprint density at radius 2 is 2.00 bits per heavy atom. The first-order valence-corrected chi connectivity index (χ1v) is 8.45. The van der Waals surface area contributed by atoms with E-state index in [1.54, 1.807) is 0 Å². The summed E-state index contributed by atoms with van der Waals surface area (Å²) in [5, 5.41) is 7.53. The normalized spacial score (nSPS) is 15.5. The van der Waals surface area contributed by atoms with E-state index >= 15 is 0 Å². The van der Waals surface area contributed by atoms with Crippen LogP contribution in [0.2, 0.25) is 0 Å². The van der Waals surface area contributed by atoms with Crippen molar-refractivity contribution in [2.24, 2.45) is 0 Å². The second-order valence-electron chi connectivity index (χ2n) is 5.53. The molecule has 2 rings (SSSR count). The number of rotatable bonds is 6. The lowest BCUT2D eigenvalue weighted by atomic mass is 9.96. The van der Waals surface area contributed by atoms with Gasteiger partial charge >= 0.3 is 0 Å². The summed E-state index contributed by atoms with van der Waals surface area (Å²) in [6, 6.07) is 8.77. The van der Waals surface area contributed by atoms with Crippen LogP contribution in [0.3, 0.4) is 0 Å². The van der Waals surface area contributed by atoms with Gasteiger partial charge in [-0.1, -0.05) is 37.5 Å². The smallest absolute Gasteiger partial charge is 0.166 e. The van der Waals surface area contributed by atoms with Gasteiger partial charge in [0.15, 0.2) is 5.11 Å². The topological polar surface area (TPSA) is 33.3 Å². The van der Waals surface area contributed by atoms with Crippen LogP contribution in [0.5, 0.6) is 5.75 Å². The summed E-state index contributed by atoms with van der Waals surface area (Å²) in [5.74, 6) is 0.980. The van der Waals surface area contributed by atoms with Crippen LogP contribution in [0.4, 0.5) is 0 Å². The Morgan fingerprint density at radius 3 is 2.76 bits per heavy atom. The third-order valence-electron chi connectivity index (χ3n) is 3.89. The second-order valence-corrected chi connectivity index (χ2v) is 5.93. The van der Waals surface area contributed by atoms with E-state index in [2.05, 4.69) is 22.8 Å². The molecule has 0 aromatic heterocycles. The predicted octanol–water partition coefficient (Wildman–Crippen LogP) is 3.42. The molecule has 1 aromatic carbocycles. The average molecular weight is 306 g/mol. The Morgan fingerprint density at radius 1 is 1.24 bits per heavy atom. The molecule has 1 saturated carbocycles. The summed E-state index contributed by atoms with van der Waals surface area (Å²) in [5.41, 5.74) is 1.23. The van der Waals surface area contributed by atoms with Crippen molar-refractivity contribution in [3.05, 3.63) is 29.8 Å². The molecule has 0 heterocycles. The molecule has 0 aliphatic heterocycles. The Bertz CT molecular complexity index is 444. The first-order valence-electron chi connectivity index (χ1n) is 8.04. The van der Waals surface area contributed by atoms with E-state index in [1.165, 1.54) is 37.7 Å². The van der Waals surface area contributed by atoms with Crippen LogP contribution in [0.25, 0.3) is 0 Å². The fraction of sp³-hybridized carbons (Fsp3) is 0.588. The zero-order valence-electron chi connectivity index (χ0n) is 12.9. The lowest BCUT2D eigenvalue weighted by molar-refractivity contribution is 0.336. The van der Waals surface area contributed by atoms with E-state index in [0.717, 1.165) is 23.8 Å². The first-order chi connectivity index (χ1) is 10.3. The van der Waals surface area contributed by atoms with Gasteiger partial charge in [-0.05, 0) is 50.0 Å². The molecule has 0 radical (unpaired) electrons. The molecule has 116 valence electrons. The molecule has 4 heteroatoms. The predicted molar refractivity (Wildman–Crippen MR) is 91.9 cm³/mol. The number of hydrogen-bond donors (Lipinski definition) is 2. The number of para-hydroxylation sites is 1. The SMILES string of the molecule is CCOc1ccccc1CCNC(=S)NC1CCCCC1. The van der Waals surface area contributed by atoms with Gasteiger partial charge in [-0.2, -0.15) is 0 Å². The van der Waals surface area contributed by atoms with Crippen molar-refractivity contribution in [1.82, 2.24) is 10.6 Å². The largest absolute Gasteiger partial charge is 0.494 e. The van der Waals surface area contributed by atoms with Gasteiger partial charge in [0, 0.05) is 12.6 Å². The molecule has 0 amide bonds. The van der Waals surface area contributed by atoms with Gasteiger partial charge in [0.2, 0.25) is 0 Å². The zero-order valence-corrected chi connectivity index (χ0v) is 13.7. The summed E-state index contributed by atoms with van der Waals surface area (Å²) in [6.45, 7) is 3.55. The average Bonchev–Trinajstić information content (AvgIpc) is 2.50. The minimum atomic E-state index is 0.564. The minimum absolute atomic E-state index is 0.564. The highest BCUT2D eigenvalue weighted by molar-refractivity contribution is 7.80. The summed E-state index contributed by atoms with van der Waals surface area (Å²) in [6.07, 6.45) is 7.42. The van der Waals surface area contributed by atoms with Crippen LogP contribution in [0.1, 0.15) is 44.6 Å². The van der Waals surface area contributed by atoms with Gasteiger partial charge in [0.25, 0.3) is 0 Å². The van der Waals surface area contributed by atoms with Crippen LogP contribution in [-0.2, 0) is 6.42 Å². The molecule has 0 atom stereocenters. The molecular formula is C17H26N2OS. The van der Waals surface area contributed by atoms with Crippen molar-refractivity contribution >= 4 is 17.3 Å². The fourth-order valence-corrected chi connectivity index (χ4v) is 3.07. The maximum Gasteiger partial charge on any atom is 0.166 e. The number of ether oxygens (including phenoxy) is 1. The number of hydrogen-bond acceptors (Lipinski definition) is 2. The third kappa shape index (κ3) is 5.54. The molecule has 0 saturated heterocycles. The van der Waals surface area contributed by atoms with E-state index < -0.39 is 0 Å². The molecule has 0 bridgehead atoms. The van der Waals surface area contributed by atoms with Gasteiger partial charge < -0.3 is 15.4 Å². The summed E-state index contributed by atoms with van der Waals surface area (Å²) in [4.78, 5) is 0. The molecule has 2 N–H and O–H groups in total. The van der Waals surface area contributed by atoms with Gasteiger partial charge in [-0.3, -0.25) is 0 Å². The Hall–Kier alpha value is -1.29. The molecule has 0 unspecified atom stereocenters. The van der Waals surface area contributed by atoms with Gasteiger partial charge in [0.05, 0.1) is 6.61 Å². The van der Waals surface area contributed by atoms with Crippen LogP contribution in [0.15, 0.2) is 24.3 Å². The molecule has 21 heavy (non-hydrogen) atoms. The fourth-order valence-electron chi connectivity index (χ4n) is 2.80. The molecule has 1 aromatic rings. The van der Waals surface area contributed by atoms with Crippen LogP contribution in [-0.4, -0.2) is 24.3 Å². The van der Waals surface area contributed by atoms with Crippen LogP contribution >= 0.6 is 12.2 Å². The Labute approximate surface area is 133 Å². The minimum Gasteiger partial charge on any atom is -0.494 e. The summed E-state index contributed by atoms with van der Waals surface area (Å²) >= 11 is 5.38. The number of nitrogens with one attached hydrogen (secondary N) is 2. The molecule has 0 spiro atoms. The third-order valence-corrected chi connectivity index (χ3v) is 4.15. The van der Waals surface area contributed by atoms with E-state index in [9.17, 15) is 0 Å². The summed E-state index contributed by atoms with van der Waals surface area (Å²) < 4.78 is 5.64. The van der Waals surface area contributed by atoms with Crippen molar-refractivity contribution < 1.29 is 4.74 Å². The Kier molecular flexibility index (Phi) is 6.80. The van der Waals surface area contributed by atoms with Gasteiger partial charge in [-0.15, -0.1) is 0 Å². The van der Waals surface area contributed by atoms with E-state index in [1.807, 2.05) is 19.1 Å². The Balaban J connectivity index is 1.72. The highest BCUT2D eigenvalue weighted by Gasteiger charge is 2.13. The van der Waals surface area contributed by atoms with Gasteiger partial charge in [0.1, 0.15) is 5.75 Å². The van der Waals surface area contributed by atoms with E-state index in [-0.39, 0.29) is 0 Å². The molecule has 1 aliphatic rings. The zero-order chi connectivity index (χ0) is 14.9. The van der Waals surface area contributed by atoms with Crippen molar-refractivity contribution in [3.63, 3.8) is 0 Å². The maximum absolute atomic E-state index is 5.64. The monoisotopic (exact) mass is 306 g/mol. The molecule has 1 fully saturated rings. The molecular weight excluding hydrogens is 280 g/mol. The van der Waals surface area contributed by atoms with Crippen LogP contribution in [0, 0.1) is 0 Å². The van der Waals surface area contributed by atoms with Crippen LogP contribution < -0.4 is 15.4 Å². The van der Waals surface area contributed by atoms with E-state index in [0.29, 0.717) is 12.6 Å². The lowest BCUT2D eigenvalue weighted by Gasteiger charge is -2.24.